The van der Waals surface area contributed by atoms with Gasteiger partial charge in [0, 0.05) is 19.0 Å². The number of hydrogen-bond acceptors (Lipinski definition) is 3. The van der Waals surface area contributed by atoms with E-state index in [0.29, 0.717) is 18.6 Å². The van der Waals surface area contributed by atoms with Gasteiger partial charge in [-0.3, -0.25) is 11.9 Å². The summed E-state index contributed by atoms with van der Waals surface area (Å²) in [6.45, 7) is 26.9. The summed E-state index contributed by atoms with van der Waals surface area (Å²) in [4.78, 5) is 6.03. The Morgan fingerprint density at radius 1 is 0.871 bits per heavy atom. The Morgan fingerprint density at radius 3 is 1.39 bits per heavy atom. The number of hydrogen-bond donors (Lipinski definition) is 0. The van der Waals surface area contributed by atoms with Gasteiger partial charge in [-0.15, -0.1) is 13.1 Å². The zero-order valence-corrected chi connectivity index (χ0v) is 24.8. The summed E-state index contributed by atoms with van der Waals surface area (Å²) in [5.41, 5.74) is 0. The fourth-order valence-corrected chi connectivity index (χ4v) is 2.29. The molecule has 0 atom stereocenters. The first-order valence-electron chi connectivity index (χ1n) is 9.72. The molecule has 3 nitrogen and oxygen atoms in total. The molecule has 1 heterocycles. The van der Waals surface area contributed by atoms with Crippen LogP contribution in [0.2, 0.25) is 0 Å². The third-order valence-corrected chi connectivity index (χ3v) is 4.41. The maximum Gasteiger partial charge on any atom is 2.00 e. The van der Waals surface area contributed by atoms with Gasteiger partial charge in [-0.25, -0.2) is 8.78 Å². The van der Waals surface area contributed by atoms with Gasteiger partial charge in [-0.1, -0.05) is 56.5 Å². The molecule has 0 spiro atoms. The van der Waals surface area contributed by atoms with Crippen molar-refractivity contribution in [1.82, 2.24) is 14.7 Å². The molecule has 0 amide bonds. The van der Waals surface area contributed by atoms with Crippen molar-refractivity contribution in [3.63, 3.8) is 0 Å². The van der Waals surface area contributed by atoms with Crippen molar-refractivity contribution in [2.45, 2.75) is 101 Å². The fraction of sp³-hybridized carbons (Fsp3) is 0.833. The van der Waals surface area contributed by atoms with Gasteiger partial charge in [0.1, 0.15) is 0 Å². The molecule has 1 fully saturated rings. The molecular weight excluding hydrogens is 736 g/mol. The normalized spacial score (nSPS) is 14.2. The smallest absolute Gasteiger partial charge is 0.459 e. The van der Waals surface area contributed by atoms with Gasteiger partial charge in [0.25, 0.3) is 5.92 Å². The van der Waals surface area contributed by atoms with Crippen LogP contribution >= 0.6 is 0 Å². The number of likely N-dealkylation sites (tertiary alicyclic amines) is 1. The maximum absolute atomic E-state index is 12.5. The monoisotopic (exact) mass is 791 g/mol. The Bertz CT molecular complexity index is 328. The summed E-state index contributed by atoms with van der Waals surface area (Å²) in [7, 11) is 3.82. The molecule has 192 valence electrons. The zero-order valence-electron chi connectivity index (χ0n) is 18.9. The minimum atomic E-state index is -2.43. The van der Waals surface area contributed by atoms with E-state index in [1.165, 1.54) is 0 Å². The van der Waals surface area contributed by atoms with Crippen molar-refractivity contribution < 1.29 is 50.9 Å². The second-order valence-electron chi connectivity index (χ2n) is 7.56. The molecule has 0 unspecified atom stereocenters. The summed E-state index contributed by atoms with van der Waals surface area (Å²) in [5.74, 6) is -2.43. The Labute approximate surface area is 226 Å². The Morgan fingerprint density at radius 2 is 1.29 bits per heavy atom. The summed E-state index contributed by atoms with van der Waals surface area (Å²) in [6.07, 6.45) is 0.979. The first kappa shape index (κ1) is 49.3. The molecule has 31 heavy (non-hydrogen) atoms. The van der Waals surface area contributed by atoms with Crippen LogP contribution in [-0.4, -0.2) is 71.5 Å². The number of alkyl halides is 2. The van der Waals surface area contributed by atoms with Gasteiger partial charge in [0.15, 0.2) is 0 Å². The molecule has 0 aromatic rings. The van der Waals surface area contributed by atoms with Crippen LogP contribution in [0, 0.1) is 27.8 Å². The van der Waals surface area contributed by atoms with Gasteiger partial charge >= 0.3 is 42.1 Å². The van der Waals surface area contributed by atoms with E-state index in [0.717, 1.165) is 26.1 Å². The van der Waals surface area contributed by atoms with Crippen molar-refractivity contribution in [2.24, 2.45) is 0 Å². The Kier molecular flexibility index (Phi) is 43.5. The summed E-state index contributed by atoms with van der Waals surface area (Å²) in [5, 5.41) is 0. The van der Waals surface area contributed by atoms with Gasteiger partial charge in [0.05, 0.1) is 6.54 Å². The molecule has 0 saturated carbocycles. The van der Waals surface area contributed by atoms with E-state index in [2.05, 4.69) is 60.4 Å². The molecule has 0 aliphatic carbocycles. The van der Waals surface area contributed by atoms with E-state index in [-0.39, 0.29) is 83.4 Å². The van der Waals surface area contributed by atoms with E-state index in [4.69, 9.17) is 0 Å². The number of rotatable bonds is 7. The summed E-state index contributed by atoms with van der Waals surface area (Å²) in [6, 6.07) is 1.40. The minimum absolute atomic E-state index is 0. The van der Waals surface area contributed by atoms with Gasteiger partial charge < -0.3 is 30.6 Å². The molecule has 1 aliphatic heterocycles. The van der Waals surface area contributed by atoms with Crippen molar-refractivity contribution in [1.29, 1.82) is 0 Å². The van der Waals surface area contributed by atoms with Crippen LogP contribution in [0.25, 0.3) is 0 Å². The number of halogens is 2. The standard InChI is InChI=1S/C7H13F2N.2C7H15N.3CH4.2W/c1-6(2)10-4-3-7(8,9)5-10;1-5-6-8(4)7(2)3;1-5-8(6-2)7(3)4;;;;;/h6H,3-5H2,1-2H3;7H,1,4-6H2,2-3H3;7H,1-2,5-6H2,3-4H3;3*1H4;;/q;2*-2;;;;2*+2. The molecule has 7 heteroatoms. The second kappa shape index (κ2) is 27.4. The van der Waals surface area contributed by atoms with Crippen molar-refractivity contribution in [3.05, 3.63) is 27.8 Å². The van der Waals surface area contributed by atoms with Crippen LogP contribution in [0.3, 0.4) is 0 Å². The average molecular weight is 791 g/mol. The molecule has 1 saturated heterocycles. The van der Waals surface area contributed by atoms with Crippen LogP contribution in [0.1, 0.15) is 76.7 Å². The molecule has 0 aromatic heterocycles. The van der Waals surface area contributed by atoms with E-state index in [1.807, 2.05) is 18.7 Å². The zero-order chi connectivity index (χ0) is 20.9. The van der Waals surface area contributed by atoms with E-state index in [1.54, 1.807) is 4.90 Å². The van der Waals surface area contributed by atoms with E-state index < -0.39 is 5.92 Å². The molecule has 0 aromatic carbocycles. The maximum atomic E-state index is 12.5. The van der Waals surface area contributed by atoms with Crippen LogP contribution < -0.4 is 0 Å². The van der Waals surface area contributed by atoms with Crippen LogP contribution in [0.5, 0.6) is 0 Å². The largest absolute Gasteiger partial charge is 2.00 e. The molecular formula is C24H55F2N3W2. The predicted molar refractivity (Wildman–Crippen MR) is 131 cm³/mol. The fourth-order valence-electron chi connectivity index (χ4n) is 2.29. The first-order chi connectivity index (χ1) is 11.9. The number of nitrogens with zero attached hydrogens (tertiary/aromatic N) is 3. The van der Waals surface area contributed by atoms with E-state index in [9.17, 15) is 8.78 Å². The Hall–Kier alpha value is 1.12. The third-order valence-electron chi connectivity index (χ3n) is 4.41. The molecule has 0 bridgehead atoms. The molecule has 1 aliphatic rings. The first-order valence-corrected chi connectivity index (χ1v) is 9.72. The van der Waals surface area contributed by atoms with Crippen molar-refractivity contribution in [3.8, 4) is 0 Å². The van der Waals surface area contributed by atoms with Gasteiger partial charge in [-0.05, 0) is 25.9 Å². The van der Waals surface area contributed by atoms with Crippen molar-refractivity contribution >= 4 is 0 Å². The molecule has 0 N–H and O–H groups in total. The van der Waals surface area contributed by atoms with E-state index >= 15 is 0 Å². The van der Waals surface area contributed by atoms with Crippen LogP contribution in [0.4, 0.5) is 8.78 Å². The summed E-state index contributed by atoms with van der Waals surface area (Å²) >= 11 is 0. The topological polar surface area (TPSA) is 9.72 Å². The Balaban J connectivity index is -0.0000000521. The third kappa shape index (κ3) is 27.2. The minimum Gasteiger partial charge on any atom is -0.459 e. The van der Waals surface area contributed by atoms with Crippen molar-refractivity contribution in [2.75, 3.05) is 32.7 Å². The SMILES string of the molecule is C.C.C.CC(C)N1CCC(F)(F)C1.[CH2-]CCN([CH2-])C(C)C.[CH2-]CN(C[CH2-])C(C)C.[W+2].[W+2]. The van der Waals surface area contributed by atoms with Gasteiger partial charge in [-0.2, -0.15) is 6.42 Å². The average Bonchev–Trinajstić information content (AvgIpc) is 2.90. The quantitative estimate of drug-likeness (QED) is 0.266. The molecule has 1 rings (SSSR count). The van der Waals surface area contributed by atoms with Crippen LogP contribution in [0.15, 0.2) is 0 Å². The van der Waals surface area contributed by atoms with Gasteiger partial charge in [0.2, 0.25) is 0 Å². The van der Waals surface area contributed by atoms with Crippen LogP contribution in [-0.2, 0) is 42.1 Å². The molecule has 0 radical (unpaired) electrons. The predicted octanol–water partition coefficient (Wildman–Crippen LogP) is 6.72. The summed E-state index contributed by atoms with van der Waals surface area (Å²) < 4.78 is 25.0. The second-order valence-corrected chi connectivity index (χ2v) is 7.56.